The lowest BCUT2D eigenvalue weighted by molar-refractivity contribution is 0.0829. The highest BCUT2D eigenvalue weighted by Crippen LogP contribution is 2.29. The van der Waals surface area contributed by atoms with Crippen molar-refractivity contribution in [1.82, 2.24) is 5.32 Å². The molecular formula is C15H23NO2. The van der Waals surface area contributed by atoms with Crippen molar-refractivity contribution in [3.05, 3.63) is 23.7 Å². The normalized spacial score (nSPS) is 20.0. The molecule has 0 atom stereocenters. The van der Waals surface area contributed by atoms with E-state index in [1.54, 1.807) is 0 Å². The number of ether oxygens (including phenoxy) is 1. The molecule has 1 aromatic heterocycles. The Morgan fingerprint density at radius 1 is 1.17 bits per heavy atom. The Bertz CT molecular complexity index is 366. The van der Waals surface area contributed by atoms with Crippen molar-refractivity contribution < 1.29 is 9.15 Å². The van der Waals surface area contributed by atoms with Gasteiger partial charge in [0.05, 0.1) is 6.54 Å². The van der Waals surface area contributed by atoms with Gasteiger partial charge in [-0.25, -0.2) is 0 Å². The summed E-state index contributed by atoms with van der Waals surface area (Å²) in [5.41, 5.74) is 0. The largest absolute Gasteiger partial charge is 0.462 e. The van der Waals surface area contributed by atoms with E-state index in [-0.39, 0.29) is 0 Å². The van der Waals surface area contributed by atoms with Crippen molar-refractivity contribution in [2.75, 3.05) is 6.61 Å². The number of nitrogens with one attached hydrogen (secondary N) is 1. The maximum atomic E-state index is 5.72. The second kappa shape index (κ2) is 5.89. The third kappa shape index (κ3) is 3.59. The lowest BCUT2D eigenvalue weighted by Crippen LogP contribution is -2.14. The first-order valence-corrected chi connectivity index (χ1v) is 7.29. The Hall–Kier alpha value is -0.800. The third-order valence-electron chi connectivity index (χ3n) is 4.00. The van der Waals surface area contributed by atoms with E-state index < -0.39 is 0 Å². The summed E-state index contributed by atoms with van der Waals surface area (Å²) in [6.45, 7) is 2.35. The van der Waals surface area contributed by atoms with Crippen LogP contribution in [0, 0.1) is 5.92 Å². The molecule has 0 aliphatic heterocycles. The van der Waals surface area contributed by atoms with Crippen LogP contribution in [0.25, 0.3) is 0 Å². The highest BCUT2D eigenvalue weighted by atomic mass is 16.5. The third-order valence-corrected chi connectivity index (χ3v) is 4.00. The maximum Gasteiger partial charge on any atom is 0.129 e. The molecule has 3 rings (SSSR count). The predicted octanol–water partition coefficient (Wildman–Crippen LogP) is 3.24. The number of rotatable bonds is 8. The van der Waals surface area contributed by atoms with E-state index in [4.69, 9.17) is 9.15 Å². The van der Waals surface area contributed by atoms with E-state index in [2.05, 4.69) is 11.4 Å². The summed E-state index contributed by atoms with van der Waals surface area (Å²) in [6.07, 6.45) is 8.08. The van der Waals surface area contributed by atoms with Gasteiger partial charge in [-0.05, 0) is 37.3 Å². The first kappa shape index (κ1) is 12.2. The fourth-order valence-electron chi connectivity index (χ4n) is 2.33. The van der Waals surface area contributed by atoms with Gasteiger partial charge in [0.15, 0.2) is 0 Å². The molecule has 1 aromatic rings. The lowest BCUT2D eigenvalue weighted by Gasteiger charge is -2.24. The van der Waals surface area contributed by atoms with Crippen molar-refractivity contribution in [3.63, 3.8) is 0 Å². The quantitative estimate of drug-likeness (QED) is 0.718. The minimum atomic E-state index is 0.621. The number of furan rings is 1. The molecule has 0 saturated heterocycles. The van der Waals surface area contributed by atoms with Gasteiger partial charge in [0.1, 0.15) is 18.1 Å². The molecule has 0 amide bonds. The number of hydrogen-bond acceptors (Lipinski definition) is 3. The molecule has 3 nitrogen and oxygen atoms in total. The fourth-order valence-corrected chi connectivity index (χ4v) is 2.33. The minimum absolute atomic E-state index is 0.621. The van der Waals surface area contributed by atoms with Crippen LogP contribution in [0.5, 0.6) is 0 Å². The van der Waals surface area contributed by atoms with Gasteiger partial charge in [-0.15, -0.1) is 0 Å². The maximum absolute atomic E-state index is 5.72. The van der Waals surface area contributed by atoms with Crippen LogP contribution in [-0.2, 0) is 17.9 Å². The van der Waals surface area contributed by atoms with Gasteiger partial charge in [-0.1, -0.05) is 19.3 Å². The molecule has 3 heteroatoms. The highest BCUT2D eigenvalue weighted by molar-refractivity contribution is 5.06. The van der Waals surface area contributed by atoms with Crippen molar-refractivity contribution in [2.24, 2.45) is 5.92 Å². The van der Waals surface area contributed by atoms with Crippen LogP contribution < -0.4 is 5.32 Å². The van der Waals surface area contributed by atoms with E-state index in [0.29, 0.717) is 6.61 Å². The van der Waals surface area contributed by atoms with E-state index in [1.807, 2.05) is 6.07 Å². The second-order valence-corrected chi connectivity index (χ2v) is 5.66. The molecule has 0 radical (unpaired) electrons. The molecule has 2 aliphatic rings. The van der Waals surface area contributed by atoms with E-state index in [9.17, 15) is 0 Å². The van der Waals surface area contributed by atoms with Crippen molar-refractivity contribution in [1.29, 1.82) is 0 Å². The first-order valence-electron chi connectivity index (χ1n) is 7.29. The van der Waals surface area contributed by atoms with Crippen LogP contribution >= 0.6 is 0 Å². The number of hydrogen-bond donors (Lipinski definition) is 1. The van der Waals surface area contributed by atoms with E-state index in [1.165, 1.54) is 38.5 Å². The van der Waals surface area contributed by atoms with Crippen molar-refractivity contribution >= 4 is 0 Å². The molecule has 2 fully saturated rings. The summed E-state index contributed by atoms with van der Waals surface area (Å²) >= 11 is 0. The van der Waals surface area contributed by atoms with E-state index >= 15 is 0 Å². The molecule has 18 heavy (non-hydrogen) atoms. The smallest absolute Gasteiger partial charge is 0.129 e. The second-order valence-electron chi connectivity index (χ2n) is 5.66. The summed E-state index contributed by atoms with van der Waals surface area (Å²) in [6, 6.07) is 4.82. The summed E-state index contributed by atoms with van der Waals surface area (Å²) in [4.78, 5) is 0. The van der Waals surface area contributed by atoms with Crippen LogP contribution in [0.3, 0.4) is 0 Å². The van der Waals surface area contributed by atoms with E-state index in [0.717, 1.165) is 36.6 Å². The van der Waals surface area contributed by atoms with Crippen molar-refractivity contribution in [2.45, 2.75) is 57.7 Å². The molecule has 0 spiro atoms. The highest BCUT2D eigenvalue weighted by Gasteiger charge is 2.20. The zero-order chi connectivity index (χ0) is 12.2. The molecule has 1 N–H and O–H groups in total. The van der Waals surface area contributed by atoms with Crippen LogP contribution in [0.1, 0.15) is 50.0 Å². The van der Waals surface area contributed by atoms with Gasteiger partial charge in [0, 0.05) is 12.6 Å². The Labute approximate surface area is 109 Å². The SMILES string of the molecule is c1cc(COCCC2CCC2)oc1CNC1CC1. The predicted molar refractivity (Wildman–Crippen MR) is 70.2 cm³/mol. The minimum Gasteiger partial charge on any atom is -0.462 e. The summed E-state index contributed by atoms with van der Waals surface area (Å²) < 4.78 is 11.4. The molecular weight excluding hydrogens is 226 g/mol. The van der Waals surface area contributed by atoms with Crippen molar-refractivity contribution in [3.8, 4) is 0 Å². The zero-order valence-corrected chi connectivity index (χ0v) is 11.0. The molecule has 0 bridgehead atoms. The fraction of sp³-hybridized carbons (Fsp3) is 0.733. The van der Waals surface area contributed by atoms with Crippen LogP contribution in [-0.4, -0.2) is 12.6 Å². The van der Waals surface area contributed by atoms with Gasteiger partial charge in [-0.2, -0.15) is 0 Å². The average Bonchev–Trinajstić information content (AvgIpc) is 3.04. The standard InChI is InChI=1S/C15H23NO2/c1-2-12(3-1)8-9-17-11-15-7-6-14(18-15)10-16-13-4-5-13/h6-7,12-13,16H,1-5,8-11H2. The van der Waals surface area contributed by atoms with Gasteiger partial charge in [-0.3, -0.25) is 0 Å². The molecule has 100 valence electrons. The Balaban J connectivity index is 1.31. The monoisotopic (exact) mass is 249 g/mol. The molecule has 1 heterocycles. The Kier molecular flexibility index (Phi) is 4.01. The Morgan fingerprint density at radius 2 is 2.00 bits per heavy atom. The Morgan fingerprint density at radius 3 is 2.72 bits per heavy atom. The van der Waals surface area contributed by atoms with Crippen LogP contribution in [0.2, 0.25) is 0 Å². The van der Waals surface area contributed by atoms with Crippen LogP contribution in [0.4, 0.5) is 0 Å². The van der Waals surface area contributed by atoms with Gasteiger partial charge in [0.2, 0.25) is 0 Å². The summed E-state index contributed by atoms with van der Waals surface area (Å²) in [5, 5.41) is 3.45. The van der Waals surface area contributed by atoms with Gasteiger partial charge < -0.3 is 14.5 Å². The zero-order valence-electron chi connectivity index (χ0n) is 11.0. The molecule has 2 saturated carbocycles. The average molecular weight is 249 g/mol. The summed E-state index contributed by atoms with van der Waals surface area (Å²) in [7, 11) is 0. The molecule has 2 aliphatic carbocycles. The topological polar surface area (TPSA) is 34.4 Å². The first-order chi connectivity index (χ1) is 8.90. The van der Waals surface area contributed by atoms with Gasteiger partial charge >= 0.3 is 0 Å². The lowest BCUT2D eigenvalue weighted by atomic mass is 9.83. The summed E-state index contributed by atoms with van der Waals surface area (Å²) in [5.74, 6) is 2.91. The van der Waals surface area contributed by atoms with Crippen LogP contribution in [0.15, 0.2) is 16.5 Å². The molecule has 0 aromatic carbocycles. The van der Waals surface area contributed by atoms with Gasteiger partial charge in [0.25, 0.3) is 0 Å². The molecule has 0 unspecified atom stereocenters.